The van der Waals surface area contributed by atoms with Gasteiger partial charge in [0.25, 0.3) is 0 Å². The van der Waals surface area contributed by atoms with Gasteiger partial charge in [-0.05, 0) is 69.5 Å². The number of nitrogens with one attached hydrogen (secondary N) is 1. The van der Waals surface area contributed by atoms with Crippen molar-refractivity contribution in [3.63, 3.8) is 0 Å². The molecule has 2 atom stereocenters. The Morgan fingerprint density at radius 2 is 2.26 bits per heavy atom. The standard InChI is InChI=1S/C16H25BrN2/c1-4-19-9-5-6-14(11-19)13(3)18-15-7-8-16(17)12(2)10-15/h7-8,10,13-14,18H,4-6,9,11H2,1-3H3. The molecule has 1 aromatic carbocycles. The smallest absolute Gasteiger partial charge is 0.0345 e. The van der Waals surface area contributed by atoms with Gasteiger partial charge in [0.1, 0.15) is 0 Å². The molecule has 1 saturated heterocycles. The molecule has 2 rings (SSSR count). The van der Waals surface area contributed by atoms with Crippen LogP contribution in [0.1, 0.15) is 32.3 Å². The van der Waals surface area contributed by atoms with Crippen molar-refractivity contribution in [1.82, 2.24) is 4.90 Å². The Morgan fingerprint density at radius 3 is 2.95 bits per heavy atom. The maximum atomic E-state index is 3.68. The minimum atomic E-state index is 0.537. The SMILES string of the molecule is CCN1CCCC(C(C)Nc2ccc(Br)c(C)c2)C1. The number of hydrogen-bond donors (Lipinski definition) is 1. The highest BCUT2D eigenvalue weighted by molar-refractivity contribution is 9.10. The summed E-state index contributed by atoms with van der Waals surface area (Å²) in [7, 11) is 0. The third-order valence-corrected chi connectivity index (χ3v) is 5.14. The number of nitrogens with zero attached hydrogens (tertiary/aromatic N) is 1. The number of aryl methyl sites for hydroxylation is 1. The van der Waals surface area contributed by atoms with Crippen LogP contribution in [0, 0.1) is 12.8 Å². The van der Waals surface area contributed by atoms with Gasteiger partial charge in [-0.25, -0.2) is 0 Å². The summed E-state index contributed by atoms with van der Waals surface area (Å²) in [5.41, 5.74) is 2.53. The summed E-state index contributed by atoms with van der Waals surface area (Å²) in [6.07, 6.45) is 2.68. The molecule has 1 fully saturated rings. The number of likely N-dealkylation sites (tertiary alicyclic amines) is 1. The molecule has 0 spiro atoms. The largest absolute Gasteiger partial charge is 0.382 e. The van der Waals surface area contributed by atoms with E-state index in [1.54, 1.807) is 0 Å². The summed E-state index contributed by atoms with van der Waals surface area (Å²) >= 11 is 3.55. The molecule has 0 aromatic heterocycles. The molecule has 2 unspecified atom stereocenters. The third kappa shape index (κ3) is 3.96. The lowest BCUT2D eigenvalue weighted by molar-refractivity contribution is 0.172. The molecule has 1 heterocycles. The van der Waals surface area contributed by atoms with E-state index in [1.165, 1.54) is 48.2 Å². The van der Waals surface area contributed by atoms with Gasteiger partial charge < -0.3 is 10.2 Å². The topological polar surface area (TPSA) is 15.3 Å². The number of hydrogen-bond acceptors (Lipinski definition) is 2. The lowest BCUT2D eigenvalue weighted by Crippen LogP contribution is -2.41. The van der Waals surface area contributed by atoms with E-state index in [-0.39, 0.29) is 0 Å². The Bertz CT molecular complexity index is 419. The maximum Gasteiger partial charge on any atom is 0.0345 e. The van der Waals surface area contributed by atoms with Gasteiger partial charge in [0, 0.05) is 22.7 Å². The summed E-state index contributed by atoms with van der Waals surface area (Å²) < 4.78 is 1.18. The van der Waals surface area contributed by atoms with Gasteiger partial charge in [0.15, 0.2) is 0 Å². The van der Waals surface area contributed by atoms with E-state index in [4.69, 9.17) is 0 Å². The van der Waals surface area contributed by atoms with Gasteiger partial charge in [0.05, 0.1) is 0 Å². The molecule has 3 heteroatoms. The highest BCUT2D eigenvalue weighted by atomic mass is 79.9. The van der Waals surface area contributed by atoms with Crippen LogP contribution < -0.4 is 5.32 Å². The summed E-state index contributed by atoms with van der Waals surface area (Å²) in [5, 5.41) is 3.68. The Morgan fingerprint density at radius 1 is 1.47 bits per heavy atom. The van der Waals surface area contributed by atoms with Gasteiger partial charge in [-0.3, -0.25) is 0 Å². The van der Waals surface area contributed by atoms with E-state index in [0.29, 0.717) is 6.04 Å². The molecule has 0 radical (unpaired) electrons. The van der Waals surface area contributed by atoms with Gasteiger partial charge in [-0.2, -0.15) is 0 Å². The second kappa shape index (κ2) is 6.76. The first kappa shape index (κ1) is 14.9. The number of anilines is 1. The van der Waals surface area contributed by atoms with Gasteiger partial charge in [-0.1, -0.05) is 22.9 Å². The first-order valence-electron chi connectivity index (χ1n) is 7.35. The Kier molecular flexibility index (Phi) is 5.28. The molecule has 0 amide bonds. The van der Waals surface area contributed by atoms with Crippen molar-refractivity contribution < 1.29 is 0 Å². The second-order valence-electron chi connectivity index (χ2n) is 5.69. The Hall–Kier alpha value is -0.540. The lowest BCUT2D eigenvalue weighted by atomic mass is 9.91. The van der Waals surface area contributed by atoms with Crippen LogP contribution in [0.2, 0.25) is 0 Å². The fourth-order valence-electron chi connectivity index (χ4n) is 2.90. The van der Waals surface area contributed by atoms with Crippen LogP contribution in [0.3, 0.4) is 0 Å². The van der Waals surface area contributed by atoms with Crippen LogP contribution in [-0.4, -0.2) is 30.6 Å². The number of rotatable bonds is 4. The van der Waals surface area contributed by atoms with E-state index in [1.807, 2.05) is 0 Å². The molecule has 1 aliphatic heterocycles. The summed E-state index contributed by atoms with van der Waals surface area (Å²) in [4.78, 5) is 2.57. The fourth-order valence-corrected chi connectivity index (χ4v) is 3.15. The van der Waals surface area contributed by atoms with E-state index < -0.39 is 0 Å². The van der Waals surface area contributed by atoms with Crippen LogP contribution in [0.15, 0.2) is 22.7 Å². The van der Waals surface area contributed by atoms with Crippen LogP contribution in [0.25, 0.3) is 0 Å². The zero-order chi connectivity index (χ0) is 13.8. The van der Waals surface area contributed by atoms with Crippen molar-refractivity contribution in [3.8, 4) is 0 Å². The van der Waals surface area contributed by atoms with Crippen LogP contribution in [0.4, 0.5) is 5.69 Å². The quantitative estimate of drug-likeness (QED) is 0.888. The van der Waals surface area contributed by atoms with Gasteiger partial charge >= 0.3 is 0 Å². The predicted molar refractivity (Wildman–Crippen MR) is 86.8 cm³/mol. The summed E-state index contributed by atoms with van der Waals surface area (Å²) in [5.74, 6) is 0.762. The monoisotopic (exact) mass is 324 g/mol. The highest BCUT2D eigenvalue weighted by Crippen LogP contribution is 2.24. The highest BCUT2D eigenvalue weighted by Gasteiger charge is 2.23. The molecule has 0 aliphatic carbocycles. The molecule has 106 valence electrons. The minimum absolute atomic E-state index is 0.537. The fraction of sp³-hybridized carbons (Fsp3) is 0.625. The van der Waals surface area contributed by atoms with Crippen molar-refractivity contribution in [3.05, 3.63) is 28.2 Å². The van der Waals surface area contributed by atoms with Crippen molar-refractivity contribution in [2.45, 2.75) is 39.7 Å². The molecular formula is C16H25BrN2. The molecular weight excluding hydrogens is 300 g/mol. The Balaban J connectivity index is 1.96. The molecule has 2 nitrogen and oxygen atoms in total. The number of halogens is 1. The van der Waals surface area contributed by atoms with Crippen molar-refractivity contribution in [2.75, 3.05) is 25.0 Å². The minimum Gasteiger partial charge on any atom is -0.382 e. The summed E-state index contributed by atoms with van der Waals surface area (Å²) in [6, 6.07) is 7.05. The van der Waals surface area contributed by atoms with E-state index >= 15 is 0 Å². The zero-order valence-electron chi connectivity index (χ0n) is 12.2. The Labute approximate surface area is 125 Å². The average Bonchev–Trinajstić information content (AvgIpc) is 2.43. The molecule has 1 N–H and O–H groups in total. The predicted octanol–water partition coefficient (Wildman–Crippen LogP) is 4.29. The zero-order valence-corrected chi connectivity index (χ0v) is 13.8. The third-order valence-electron chi connectivity index (χ3n) is 4.25. The first-order valence-corrected chi connectivity index (χ1v) is 8.14. The van der Waals surface area contributed by atoms with E-state index in [2.05, 4.69) is 65.1 Å². The maximum absolute atomic E-state index is 3.68. The summed E-state index contributed by atoms with van der Waals surface area (Å²) in [6.45, 7) is 10.4. The molecule has 0 bridgehead atoms. The lowest BCUT2D eigenvalue weighted by Gasteiger charge is -2.35. The average molecular weight is 325 g/mol. The molecule has 0 saturated carbocycles. The number of benzene rings is 1. The van der Waals surface area contributed by atoms with E-state index in [9.17, 15) is 0 Å². The van der Waals surface area contributed by atoms with Gasteiger partial charge in [-0.15, -0.1) is 0 Å². The van der Waals surface area contributed by atoms with Crippen molar-refractivity contribution in [1.29, 1.82) is 0 Å². The van der Waals surface area contributed by atoms with E-state index in [0.717, 1.165) is 5.92 Å². The molecule has 1 aromatic rings. The second-order valence-corrected chi connectivity index (χ2v) is 6.55. The molecule has 19 heavy (non-hydrogen) atoms. The molecule has 1 aliphatic rings. The van der Waals surface area contributed by atoms with Crippen LogP contribution in [0.5, 0.6) is 0 Å². The van der Waals surface area contributed by atoms with Crippen molar-refractivity contribution >= 4 is 21.6 Å². The normalized spacial score (nSPS) is 22.2. The van der Waals surface area contributed by atoms with Crippen LogP contribution >= 0.6 is 15.9 Å². The van der Waals surface area contributed by atoms with Crippen LogP contribution in [-0.2, 0) is 0 Å². The first-order chi connectivity index (χ1) is 9.10. The van der Waals surface area contributed by atoms with Gasteiger partial charge in [0.2, 0.25) is 0 Å². The van der Waals surface area contributed by atoms with Crippen molar-refractivity contribution in [2.24, 2.45) is 5.92 Å². The number of piperidine rings is 1.